The van der Waals surface area contributed by atoms with Crippen LogP contribution < -0.4 is 15.4 Å². The quantitative estimate of drug-likeness (QED) is 0.179. The Bertz CT molecular complexity index is 610. The second-order valence-corrected chi connectivity index (χ2v) is 5.91. The van der Waals surface area contributed by atoms with Crippen LogP contribution >= 0.6 is 35.6 Å². The third-order valence-corrected chi connectivity index (χ3v) is 3.53. The molecule has 1 rings (SSSR count). The minimum atomic E-state index is -4.50. The number of aromatic nitrogens is 1. The molecule has 1 aromatic heterocycles. The first-order valence-electron chi connectivity index (χ1n) is 8.82. The molecule has 0 spiro atoms. The molecule has 29 heavy (non-hydrogen) atoms. The highest BCUT2D eigenvalue weighted by molar-refractivity contribution is 14.0. The third-order valence-electron chi connectivity index (χ3n) is 3.26. The van der Waals surface area contributed by atoms with Gasteiger partial charge in [-0.15, -0.1) is 24.0 Å². The molecule has 1 aromatic rings. The van der Waals surface area contributed by atoms with Crippen LogP contribution in [0.5, 0.6) is 5.88 Å². The fourth-order valence-corrected chi connectivity index (χ4v) is 2.17. The minimum absolute atomic E-state index is 0. The van der Waals surface area contributed by atoms with Crippen LogP contribution in [-0.4, -0.2) is 64.1 Å². The van der Waals surface area contributed by atoms with E-state index in [1.54, 1.807) is 7.11 Å². The van der Waals surface area contributed by atoms with E-state index in [0.717, 1.165) is 12.5 Å². The molecule has 1 heterocycles. The number of rotatable bonds is 12. The van der Waals surface area contributed by atoms with Crippen LogP contribution in [0, 0.1) is 0 Å². The van der Waals surface area contributed by atoms with Gasteiger partial charge < -0.3 is 24.8 Å². The van der Waals surface area contributed by atoms with Crippen molar-refractivity contribution in [1.82, 2.24) is 15.6 Å². The SMILES string of the molecule is CCNC(=NCCCOCCOC)NCCOc1ncc(C(F)(F)F)cc1Cl.I. The standard InChI is InChI=1S/C17H26ClF3N4O3.HI/c1-3-22-16(23-5-4-7-27-10-9-26-2)24-6-8-28-15-14(18)11-13(12-25-15)17(19,20)21;/h11-12H,3-10H2,1-2H3,(H2,22,23,24);1H. The maximum Gasteiger partial charge on any atom is 0.417 e. The topological polar surface area (TPSA) is 77.0 Å². The van der Waals surface area contributed by atoms with Crippen molar-refractivity contribution in [3.63, 3.8) is 0 Å². The van der Waals surface area contributed by atoms with Gasteiger partial charge >= 0.3 is 6.18 Å². The number of pyridine rings is 1. The number of hydrogen-bond donors (Lipinski definition) is 2. The number of guanidine groups is 1. The normalized spacial score (nSPS) is 11.7. The van der Waals surface area contributed by atoms with E-state index < -0.39 is 11.7 Å². The van der Waals surface area contributed by atoms with E-state index in [9.17, 15) is 13.2 Å². The molecule has 0 aromatic carbocycles. The molecule has 0 saturated heterocycles. The molecule has 0 aliphatic carbocycles. The molecular weight excluding hydrogens is 528 g/mol. The maximum absolute atomic E-state index is 12.6. The molecule has 0 fully saturated rings. The number of alkyl halides is 3. The lowest BCUT2D eigenvalue weighted by Crippen LogP contribution is -2.39. The lowest BCUT2D eigenvalue weighted by molar-refractivity contribution is -0.137. The second-order valence-electron chi connectivity index (χ2n) is 5.50. The highest BCUT2D eigenvalue weighted by Gasteiger charge is 2.31. The summed E-state index contributed by atoms with van der Waals surface area (Å²) in [5, 5.41) is 5.95. The fraction of sp³-hybridized carbons (Fsp3) is 0.647. The lowest BCUT2D eigenvalue weighted by Gasteiger charge is -2.13. The highest BCUT2D eigenvalue weighted by atomic mass is 127. The van der Waals surface area contributed by atoms with E-state index in [-0.39, 0.29) is 41.5 Å². The molecule has 0 amide bonds. The van der Waals surface area contributed by atoms with Crippen LogP contribution in [0.2, 0.25) is 5.02 Å². The summed E-state index contributed by atoms with van der Waals surface area (Å²) < 4.78 is 53.3. The largest absolute Gasteiger partial charge is 0.475 e. The van der Waals surface area contributed by atoms with Gasteiger partial charge in [-0.05, 0) is 19.4 Å². The van der Waals surface area contributed by atoms with Gasteiger partial charge in [0.2, 0.25) is 5.88 Å². The summed E-state index contributed by atoms with van der Waals surface area (Å²) in [6.45, 7) is 5.43. The Hall–Kier alpha value is -1.05. The van der Waals surface area contributed by atoms with Gasteiger partial charge in [0, 0.05) is 33.0 Å². The summed E-state index contributed by atoms with van der Waals surface area (Å²) in [4.78, 5) is 8.01. The Morgan fingerprint density at radius 2 is 1.97 bits per heavy atom. The molecule has 168 valence electrons. The van der Waals surface area contributed by atoms with Crippen molar-refractivity contribution >= 4 is 41.5 Å². The monoisotopic (exact) mass is 554 g/mol. The zero-order valence-electron chi connectivity index (χ0n) is 16.4. The zero-order chi connectivity index (χ0) is 20.8. The van der Waals surface area contributed by atoms with Gasteiger partial charge in [0.05, 0.1) is 25.3 Å². The molecule has 0 aliphatic rings. The maximum atomic E-state index is 12.6. The van der Waals surface area contributed by atoms with E-state index >= 15 is 0 Å². The molecule has 0 bridgehead atoms. The number of nitrogens with one attached hydrogen (secondary N) is 2. The summed E-state index contributed by atoms with van der Waals surface area (Å²) in [5.41, 5.74) is -0.921. The van der Waals surface area contributed by atoms with Crippen molar-refractivity contribution in [3.8, 4) is 5.88 Å². The number of hydrogen-bond acceptors (Lipinski definition) is 5. The number of halogens is 5. The molecule has 0 radical (unpaired) electrons. The predicted octanol–water partition coefficient (Wildman–Crippen LogP) is 3.36. The first-order chi connectivity index (χ1) is 13.4. The predicted molar refractivity (Wildman–Crippen MR) is 116 cm³/mol. The van der Waals surface area contributed by atoms with Crippen molar-refractivity contribution in [3.05, 3.63) is 22.8 Å². The highest BCUT2D eigenvalue weighted by Crippen LogP contribution is 2.32. The van der Waals surface area contributed by atoms with Gasteiger partial charge in [-0.1, -0.05) is 11.6 Å². The van der Waals surface area contributed by atoms with Crippen LogP contribution in [0.25, 0.3) is 0 Å². The van der Waals surface area contributed by atoms with Crippen molar-refractivity contribution in [2.45, 2.75) is 19.5 Å². The average Bonchev–Trinajstić information content (AvgIpc) is 2.64. The minimum Gasteiger partial charge on any atom is -0.475 e. The molecule has 2 N–H and O–H groups in total. The van der Waals surface area contributed by atoms with Crippen molar-refractivity contribution in [2.24, 2.45) is 4.99 Å². The van der Waals surface area contributed by atoms with Gasteiger partial charge in [0.1, 0.15) is 11.6 Å². The summed E-state index contributed by atoms with van der Waals surface area (Å²) >= 11 is 5.79. The zero-order valence-corrected chi connectivity index (χ0v) is 19.4. The Morgan fingerprint density at radius 3 is 2.59 bits per heavy atom. The Morgan fingerprint density at radius 1 is 1.21 bits per heavy atom. The summed E-state index contributed by atoms with van der Waals surface area (Å²) in [5.74, 6) is 0.557. The molecule has 0 unspecified atom stereocenters. The summed E-state index contributed by atoms with van der Waals surface area (Å²) in [6.07, 6.45) is -3.04. The number of nitrogens with zero attached hydrogens (tertiary/aromatic N) is 2. The first kappa shape index (κ1) is 27.9. The van der Waals surface area contributed by atoms with Crippen LogP contribution in [0.4, 0.5) is 13.2 Å². The van der Waals surface area contributed by atoms with Crippen molar-refractivity contribution < 1.29 is 27.4 Å². The van der Waals surface area contributed by atoms with Crippen molar-refractivity contribution in [2.75, 3.05) is 53.2 Å². The molecule has 0 saturated carbocycles. The second kappa shape index (κ2) is 15.7. The Labute approximate surface area is 190 Å². The van der Waals surface area contributed by atoms with Crippen LogP contribution in [0.15, 0.2) is 17.3 Å². The number of ether oxygens (including phenoxy) is 3. The Kier molecular flexibility index (Phi) is 15.2. The molecule has 7 nitrogen and oxygen atoms in total. The molecule has 12 heteroatoms. The van der Waals surface area contributed by atoms with Gasteiger partial charge in [0.25, 0.3) is 0 Å². The first-order valence-corrected chi connectivity index (χ1v) is 9.20. The number of aliphatic imine (C=N–C) groups is 1. The molecule has 0 aliphatic heterocycles. The van der Waals surface area contributed by atoms with E-state index in [2.05, 4.69) is 20.6 Å². The smallest absolute Gasteiger partial charge is 0.417 e. The summed E-state index contributed by atoms with van der Waals surface area (Å²) in [7, 11) is 1.62. The summed E-state index contributed by atoms with van der Waals surface area (Å²) in [6, 6.07) is 0.789. The van der Waals surface area contributed by atoms with Gasteiger partial charge in [-0.25, -0.2) is 4.98 Å². The van der Waals surface area contributed by atoms with Crippen LogP contribution in [0.3, 0.4) is 0 Å². The third kappa shape index (κ3) is 12.3. The molecular formula is C17H27ClF3IN4O3. The van der Waals surface area contributed by atoms with E-state index in [0.29, 0.717) is 51.6 Å². The van der Waals surface area contributed by atoms with Crippen molar-refractivity contribution in [1.29, 1.82) is 0 Å². The van der Waals surface area contributed by atoms with Gasteiger partial charge in [-0.3, -0.25) is 4.99 Å². The van der Waals surface area contributed by atoms with Gasteiger partial charge in [0.15, 0.2) is 5.96 Å². The van der Waals surface area contributed by atoms with Gasteiger partial charge in [-0.2, -0.15) is 13.2 Å². The number of methoxy groups -OCH3 is 1. The Balaban J connectivity index is 0.00000784. The average molecular weight is 555 g/mol. The molecule has 0 atom stereocenters. The fourth-order valence-electron chi connectivity index (χ4n) is 1.95. The van der Waals surface area contributed by atoms with Crippen LogP contribution in [-0.2, 0) is 15.7 Å². The van der Waals surface area contributed by atoms with E-state index in [1.165, 1.54) is 0 Å². The lowest BCUT2D eigenvalue weighted by atomic mass is 10.3. The van der Waals surface area contributed by atoms with Crippen LogP contribution in [0.1, 0.15) is 18.9 Å². The van der Waals surface area contributed by atoms with E-state index in [1.807, 2.05) is 6.92 Å². The van der Waals surface area contributed by atoms with E-state index in [4.69, 9.17) is 25.8 Å².